The standard InChI is InChI=1S/C13H21N7/c1-13(2,3)12-17-10(9-11(18-12)19-14)15-6-8-20-7-4-5-16-20/h4-5,7,9H,6,8,14H2,1-3H3,(H2,15,17,18,19). The second kappa shape index (κ2) is 5.87. The van der Waals surface area contributed by atoms with Gasteiger partial charge in [0.2, 0.25) is 0 Å². The van der Waals surface area contributed by atoms with E-state index in [1.807, 2.05) is 16.9 Å². The number of anilines is 2. The molecule has 0 bridgehead atoms. The molecule has 0 aliphatic heterocycles. The quantitative estimate of drug-likeness (QED) is 0.563. The van der Waals surface area contributed by atoms with Crippen LogP contribution in [0.5, 0.6) is 0 Å². The van der Waals surface area contributed by atoms with Crippen LogP contribution in [0.3, 0.4) is 0 Å². The highest BCUT2D eigenvalue weighted by Crippen LogP contribution is 2.21. The first-order chi connectivity index (χ1) is 9.49. The lowest BCUT2D eigenvalue weighted by Gasteiger charge is -2.18. The van der Waals surface area contributed by atoms with Gasteiger partial charge in [-0.3, -0.25) is 4.68 Å². The molecule has 0 fully saturated rings. The molecule has 4 N–H and O–H groups in total. The molecule has 7 heteroatoms. The second-order valence-electron chi connectivity index (χ2n) is 5.55. The van der Waals surface area contributed by atoms with Crippen molar-refractivity contribution in [2.75, 3.05) is 17.3 Å². The molecule has 2 heterocycles. The van der Waals surface area contributed by atoms with Crippen LogP contribution >= 0.6 is 0 Å². The first kappa shape index (κ1) is 14.3. The zero-order chi connectivity index (χ0) is 14.6. The average molecular weight is 275 g/mol. The minimum Gasteiger partial charge on any atom is -0.368 e. The highest BCUT2D eigenvalue weighted by molar-refractivity contribution is 5.47. The molecular formula is C13H21N7. The summed E-state index contributed by atoms with van der Waals surface area (Å²) in [6.07, 6.45) is 3.69. The zero-order valence-electron chi connectivity index (χ0n) is 12.1. The Balaban J connectivity index is 2.06. The third-order valence-electron chi connectivity index (χ3n) is 2.75. The van der Waals surface area contributed by atoms with Crippen molar-refractivity contribution in [3.63, 3.8) is 0 Å². The van der Waals surface area contributed by atoms with Gasteiger partial charge < -0.3 is 10.7 Å². The maximum absolute atomic E-state index is 5.45. The molecule has 0 aliphatic carbocycles. The van der Waals surface area contributed by atoms with E-state index in [-0.39, 0.29) is 5.41 Å². The van der Waals surface area contributed by atoms with Gasteiger partial charge in [-0.25, -0.2) is 15.8 Å². The van der Waals surface area contributed by atoms with E-state index in [0.29, 0.717) is 5.82 Å². The largest absolute Gasteiger partial charge is 0.368 e. The number of hydrogen-bond donors (Lipinski definition) is 3. The van der Waals surface area contributed by atoms with Gasteiger partial charge in [-0.15, -0.1) is 0 Å². The zero-order valence-corrected chi connectivity index (χ0v) is 12.1. The number of nitrogens with two attached hydrogens (primary N) is 1. The van der Waals surface area contributed by atoms with Crippen molar-refractivity contribution in [1.82, 2.24) is 19.7 Å². The maximum atomic E-state index is 5.45. The SMILES string of the molecule is CC(C)(C)c1nc(NN)cc(NCCn2cccn2)n1. The van der Waals surface area contributed by atoms with Gasteiger partial charge in [0.05, 0.1) is 6.54 Å². The van der Waals surface area contributed by atoms with Crippen molar-refractivity contribution in [3.05, 3.63) is 30.4 Å². The number of aromatic nitrogens is 4. The molecule has 108 valence electrons. The van der Waals surface area contributed by atoms with Crippen LogP contribution in [-0.4, -0.2) is 26.3 Å². The minimum atomic E-state index is -0.134. The molecule has 0 spiro atoms. The minimum absolute atomic E-state index is 0.134. The summed E-state index contributed by atoms with van der Waals surface area (Å²) < 4.78 is 1.86. The van der Waals surface area contributed by atoms with E-state index in [0.717, 1.165) is 24.7 Å². The van der Waals surface area contributed by atoms with E-state index >= 15 is 0 Å². The molecule has 0 saturated heterocycles. The Bertz CT molecular complexity index is 542. The van der Waals surface area contributed by atoms with Crippen molar-refractivity contribution in [2.24, 2.45) is 5.84 Å². The molecule has 2 aromatic rings. The highest BCUT2D eigenvalue weighted by atomic mass is 15.3. The molecule has 0 unspecified atom stereocenters. The molecule has 7 nitrogen and oxygen atoms in total. The van der Waals surface area contributed by atoms with Crippen molar-refractivity contribution >= 4 is 11.6 Å². The smallest absolute Gasteiger partial charge is 0.145 e. The molecule has 0 atom stereocenters. The molecule has 20 heavy (non-hydrogen) atoms. The summed E-state index contributed by atoms with van der Waals surface area (Å²) in [5, 5.41) is 7.41. The van der Waals surface area contributed by atoms with Crippen LogP contribution in [0, 0.1) is 0 Å². The van der Waals surface area contributed by atoms with Crippen molar-refractivity contribution < 1.29 is 0 Å². The van der Waals surface area contributed by atoms with E-state index in [4.69, 9.17) is 5.84 Å². The molecule has 0 aromatic carbocycles. The van der Waals surface area contributed by atoms with Crippen LogP contribution in [0.1, 0.15) is 26.6 Å². The topological polar surface area (TPSA) is 93.7 Å². The summed E-state index contributed by atoms with van der Waals surface area (Å²) in [4.78, 5) is 8.90. The predicted molar refractivity (Wildman–Crippen MR) is 79.3 cm³/mol. The van der Waals surface area contributed by atoms with E-state index < -0.39 is 0 Å². The summed E-state index contributed by atoms with van der Waals surface area (Å²) in [6, 6.07) is 3.69. The number of nitrogens with zero attached hydrogens (tertiary/aromatic N) is 4. The highest BCUT2D eigenvalue weighted by Gasteiger charge is 2.18. The lowest BCUT2D eigenvalue weighted by atomic mass is 9.96. The number of hydrogen-bond acceptors (Lipinski definition) is 6. The average Bonchev–Trinajstić information content (AvgIpc) is 2.90. The van der Waals surface area contributed by atoms with E-state index in [2.05, 4.69) is 46.6 Å². The van der Waals surface area contributed by atoms with Crippen molar-refractivity contribution in [3.8, 4) is 0 Å². The Morgan fingerprint density at radius 3 is 2.60 bits per heavy atom. The number of nitrogens with one attached hydrogen (secondary N) is 2. The number of hydrazine groups is 1. The second-order valence-corrected chi connectivity index (χ2v) is 5.55. The first-order valence-electron chi connectivity index (χ1n) is 6.56. The lowest BCUT2D eigenvalue weighted by molar-refractivity contribution is 0.546. The Labute approximate surface area is 118 Å². The van der Waals surface area contributed by atoms with Crippen LogP contribution in [0.2, 0.25) is 0 Å². The van der Waals surface area contributed by atoms with Gasteiger partial charge in [-0.05, 0) is 6.07 Å². The molecule has 0 aliphatic rings. The fourth-order valence-electron chi connectivity index (χ4n) is 1.68. The van der Waals surface area contributed by atoms with Crippen LogP contribution in [-0.2, 0) is 12.0 Å². The summed E-state index contributed by atoms with van der Waals surface area (Å²) >= 11 is 0. The molecule has 0 radical (unpaired) electrons. The molecule has 2 aromatic heterocycles. The fourth-order valence-corrected chi connectivity index (χ4v) is 1.68. The Morgan fingerprint density at radius 2 is 2.00 bits per heavy atom. The van der Waals surface area contributed by atoms with Gasteiger partial charge in [0.25, 0.3) is 0 Å². The predicted octanol–water partition coefficient (Wildman–Crippen LogP) is 1.37. The van der Waals surface area contributed by atoms with Gasteiger partial charge in [0, 0.05) is 30.4 Å². The fraction of sp³-hybridized carbons (Fsp3) is 0.462. The Hall–Kier alpha value is -2.15. The maximum Gasteiger partial charge on any atom is 0.145 e. The third-order valence-corrected chi connectivity index (χ3v) is 2.75. The monoisotopic (exact) mass is 275 g/mol. The normalized spacial score (nSPS) is 11.4. The summed E-state index contributed by atoms with van der Waals surface area (Å²) in [6.45, 7) is 7.70. The van der Waals surface area contributed by atoms with Gasteiger partial charge >= 0.3 is 0 Å². The van der Waals surface area contributed by atoms with E-state index in [1.54, 1.807) is 12.3 Å². The Kier molecular flexibility index (Phi) is 4.19. The van der Waals surface area contributed by atoms with Gasteiger partial charge in [0.1, 0.15) is 17.5 Å². The summed E-state index contributed by atoms with van der Waals surface area (Å²) in [7, 11) is 0. The summed E-state index contributed by atoms with van der Waals surface area (Å²) in [5.74, 6) is 7.56. The summed E-state index contributed by atoms with van der Waals surface area (Å²) in [5.41, 5.74) is 2.44. The van der Waals surface area contributed by atoms with E-state index in [1.165, 1.54) is 0 Å². The van der Waals surface area contributed by atoms with Crippen molar-refractivity contribution in [1.29, 1.82) is 0 Å². The molecule has 0 amide bonds. The van der Waals surface area contributed by atoms with Crippen LogP contribution in [0.25, 0.3) is 0 Å². The van der Waals surface area contributed by atoms with Gasteiger partial charge in [-0.2, -0.15) is 5.10 Å². The van der Waals surface area contributed by atoms with Crippen LogP contribution < -0.4 is 16.6 Å². The van der Waals surface area contributed by atoms with Crippen LogP contribution in [0.15, 0.2) is 24.5 Å². The first-order valence-corrected chi connectivity index (χ1v) is 6.56. The molecule has 0 saturated carbocycles. The molecule has 2 rings (SSSR count). The molecular weight excluding hydrogens is 254 g/mol. The Morgan fingerprint density at radius 1 is 1.25 bits per heavy atom. The number of nitrogen functional groups attached to an aromatic ring is 1. The van der Waals surface area contributed by atoms with Gasteiger partial charge in [-0.1, -0.05) is 20.8 Å². The van der Waals surface area contributed by atoms with Crippen LogP contribution in [0.4, 0.5) is 11.6 Å². The van der Waals surface area contributed by atoms with Crippen molar-refractivity contribution in [2.45, 2.75) is 32.7 Å². The third kappa shape index (κ3) is 3.67. The lowest BCUT2D eigenvalue weighted by Crippen LogP contribution is -2.20. The van der Waals surface area contributed by atoms with E-state index in [9.17, 15) is 0 Å². The van der Waals surface area contributed by atoms with Gasteiger partial charge in [0.15, 0.2) is 0 Å². The number of rotatable bonds is 5.